The molecule has 0 unspecified atom stereocenters. The van der Waals surface area contributed by atoms with E-state index < -0.39 is 0 Å². The summed E-state index contributed by atoms with van der Waals surface area (Å²) >= 11 is 0. The SMILES string of the molecule is COc1ccc(NC(=O)C/C(C)=N/NC(=O)C2CCCCC2)cc1. The number of methoxy groups -OCH3 is 1. The number of rotatable bonds is 6. The van der Waals surface area contributed by atoms with Crippen LogP contribution in [0, 0.1) is 5.92 Å². The summed E-state index contributed by atoms with van der Waals surface area (Å²) in [5.74, 6) is 0.581. The van der Waals surface area contributed by atoms with Crippen LogP contribution in [0.3, 0.4) is 0 Å². The van der Waals surface area contributed by atoms with Crippen LogP contribution >= 0.6 is 0 Å². The molecule has 1 aliphatic carbocycles. The smallest absolute Gasteiger partial charge is 0.243 e. The van der Waals surface area contributed by atoms with Crippen LogP contribution in [0.1, 0.15) is 45.4 Å². The van der Waals surface area contributed by atoms with Gasteiger partial charge < -0.3 is 10.1 Å². The number of hydrogen-bond donors (Lipinski definition) is 2. The number of nitrogens with one attached hydrogen (secondary N) is 2. The van der Waals surface area contributed by atoms with Gasteiger partial charge in [0.25, 0.3) is 0 Å². The lowest BCUT2D eigenvalue weighted by Gasteiger charge is -2.19. The first-order valence-corrected chi connectivity index (χ1v) is 8.35. The Labute approximate surface area is 142 Å². The number of carbonyl (C=O) groups is 2. The first-order chi connectivity index (χ1) is 11.6. The molecule has 1 saturated carbocycles. The lowest BCUT2D eigenvalue weighted by molar-refractivity contribution is -0.126. The molecular weight excluding hydrogens is 306 g/mol. The minimum atomic E-state index is -0.173. The second-order valence-corrected chi connectivity index (χ2v) is 6.11. The first-order valence-electron chi connectivity index (χ1n) is 8.35. The van der Waals surface area contributed by atoms with E-state index in [1.165, 1.54) is 6.42 Å². The van der Waals surface area contributed by atoms with Crippen molar-refractivity contribution in [2.45, 2.75) is 45.4 Å². The summed E-state index contributed by atoms with van der Waals surface area (Å²) in [5, 5.41) is 6.83. The van der Waals surface area contributed by atoms with Crippen molar-refractivity contribution in [2.24, 2.45) is 11.0 Å². The van der Waals surface area contributed by atoms with Gasteiger partial charge in [-0.3, -0.25) is 9.59 Å². The Hall–Kier alpha value is -2.37. The van der Waals surface area contributed by atoms with Gasteiger partial charge in [-0.15, -0.1) is 0 Å². The molecule has 0 spiro atoms. The minimum Gasteiger partial charge on any atom is -0.497 e. The molecule has 0 bridgehead atoms. The van der Waals surface area contributed by atoms with Gasteiger partial charge in [0, 0.05) is 17.3 Å². The molecular formula is C18H25N3O3. The van der Waals surface area contributed by atoms with Crippen molar-refractivity contribution in [1.82, 2.24) is 5.43 Å². The van der Waals surface area contributed by atoms with E-state index in [9.17, 15) is 9.59 Å². The number of anilines is 1. The molecule has 1 aliphatic rings. The fourth-order valence-corrected chi connectivity index (χ4v) is 2.76. The Morgan fingerprint density at radius 3 is 2.46 bits per heavy atom. The average Bonchev–Trinajstić information content (AvgIpc) is 2.61. The van der Waals surface area contributed by atoms with E-state index in [1.807, 2.05) is 0 Å². The Balaban J connectivity index is 1.78. The summed E-state index contributed by atoms with van der Waals surface area (Å²) in [6.45, 7) is 1.73. The zero-order chi connectivity index (χ0) is 17.4. The van der Waals surface area contributed by atoms with Crippen molar-refractivity contribution in [2.75, 3.05) is 12.4 Å². The predicted octanol–water partition coefficient (Wildman–Crippen LogP) is 3.10. The number of nitrogens with zero attached hydrogens (tertiary/aromatic N) is 1. The average molecular weight is 331 g/mol. The lowest BCUT2D eigenvalue weighted by atomic mass is 9.89. The second-order valence-electron chi connectivity index (χ2n) is 6.11. The summed E-state index contributed by atoms with van der Waals surface area (Å²) in [7, 11) is 1.59. The highest BCUT2D eigenvalue weighted by Gasteiger charge is 2.20. The van der Waals surface area contributed by atoms with Gasteiger partial charge >= 0.3 is 0 Å². The summed E-state index contributed by atoms with van der Waals surface area (Å²) in [6, 6.07) is 7.10. The molecule has 6 heteroatoms. The highest BCUT2D eigenvalue weighted by atomic mass is 16.5. The van der Waals surface area contributed by atoms with E-state index in [4.69, 9.17) is 4.74 Å². The first kappa shape index (κ1) is 18.0. The monoisotopic (exact) mass is 331 g/mol. The van der Waals surface area contributed by atoms with E-state index in [1.54, 1.807) is 38.3 Å². The predicted molar refractivity (Wildman–Crippen MR) is 94.1 cm³/mol. The molecule has 1 fully saturated rings. The second kappa shape index (κ2) is 9.05. The third-order valence-corrected chi connectivity index (χ3v) is 4.12. The summed E-state index contributed by atoms with van der Waals surface area (Å²) < 4.78 is 5.07. The van der Waals surface area contributed by atoms with Gasteiger partial charge in [0.15, 0.2) is 0 Å². The number of hydrazone groups is 1. The Bertz CT molecular complexity index is 590. The molecule has 0 atom stereocenters. The fourth-order valence-electron chi connectivity index (χ4n) is 2.76. The summed E-state index contributed by atoms with van der Waals surface area (Å²) in [4.78, 5) is 24.0. The maximum absolute atomic E-state index is 12.0. The zero-order valence-electron chi connectivity index (χ0n) is 14.3. The number of hydrogen-bond acceptors (Lipinski definition) is 4. The Morgan fingerprint density at radius 1 is 1.17 bits per heavy atom. The van der Waals surface area contributed by atoms with Gasteiger partial charge in [0.05, 0.1) is 13.5 Å². The van der Waals surface area contributed by atoms with Crippen molar-refractivity contribution in [3.8, 4) is 5.75 Å². The van der Waals surface area contributed by atoms with Crippen molar-refractivity contribution in [1.29, 1.82) is 0 Å². The standard InChI is InChI=1S/C18H25N3O3/c1-13(20-21-18(23)14-6-4-3-5-7-14)12-17(22)19-15-8-10-16(24-2)11-9-15/h8-11,14H,3-7,12H2,1-2H3,(H,19,22)(H,21,23)/b20-13+. The van der Waals surface area contributed by atoms with Gasteiger partial charge in [0.2, 0.25) is 11.8 Å². The van der Waals surface area contributed by atoms with Crippen LogP contribution in [-0.2, 0) is 9.59 Å². The highest BCUT2D eigenvalue weighted by molar-refractivity contribution is 6.05. The number of benzene rings is 1. The van der Waals surface area contributed by atoms with Crippen molar-refractivity contribution in [3.05, 3.63) is 24.3 Å². The molecule has 1 aromatic carbocycles. The van der Waals surface area contributed by atoms with Crippen LogP contribution in [0.25, 0.3) is 0 Å². The third-order valence-electron chi connectivity index (χ3n) is 4.12. The van der Waals surface area contributed by atoms with E-state index in [2.05, 4.69) is 15.8 Å². The van der Waals surface area contributed by atoms with Gasteiger partial charge in [-0.05, 0) is 44.0 Å². The lowest BCUT2D eigenvalue weighted by Crippen LogP contribution is -2.29. The van der Waals surface area contributed by atoms with Gasteiger partial charge in [-0.1, -0.05) is 19.3 Å². The van der Waals surface area contributed by atoms with Crippen molar-refractivity contribution < 1.29 is 14.3 Å². The van der Waals surface area contributed by atoms with Gasteiger partial charge in [0.1, 0.15) is 5.75 Å². The van der Waals surface area contributed by atoms with Crippen LogP contribution in [-0.4, -0.2) is 24.6 Å². The minimum absolute atomic E-state index is 0.0374. The molecule has 0 radical (unpaired) electrons. The quantitative estimate of drug-likeness (QED) is 0.621. The van der Waals surface area contributed by atoms with Crippen LogP contribution < -0.4 is 15.5 Å². The molecule has 2 amide bonds. The molecule has 0 heterocycles. The molecule has 0 aromatic heterocycles. The van der Waals surface area contributed by atoms with Crippen LogP contribution in [0.5, 0.6) is 5.75 Å². The van der Waals surface area contributed by atoms with Gasteiger partial charge in [-0.25, -0.2) is 5.43 Å². The molecule has 24 heavy (non-hydrogen) atoms. The summed E-state index contributed by atoms with van der Waals surface area (Å²) in [5.41, 5.74) is 3.86. The maximum Gasteiger partial charge on any atom is 0.243 e. The normalized spacial score (nSPS) is 15.7. The van der Waals surface area contributed by atoms with E-state index in [-0.39, 0.29) is 24.2 Å². The van der Waals surface area contributed by atoms with Crippen molar-refractivity contribution in [3.63, 3.8) is 0 Å². The van der Waals surface area contributed by atoms with Crippen LogP contribution in [0.4, 0.5) is 5.69 Å². The maximum atomic E-state index is 12.0. The molecule has 6 nitrogen and oxygen atoms in total. The third kappa shape index (κ3) is 5.68. The van der Waals surface area contributed by atoms with Gasteiger partial charge in [-0.2, -0.15) is 5.10 Å². The van der Waals surface area contributed by atoms with E-state index in [0.29, 0.717) is 11.4 Å². The summed E-state index contributed by atoms with van der Waals surface area (Å²) in [6.07, 6.45) is 5.40. The number of carbonyl (C=O) groups excluding carboxylic acids is 2. The topological polar surface area (TPSA) is 79.8 Å². The van der Waals surface area contributed by atoms with E-state index in [0.717, 1.165) is 31.4 Å². The molecule has 0 saturated heterocycles. The van der Waals surface area contributed by atoms with Crippen LogP contribution in [0.15, 0.2) is 29.4 Å². The number of amides is 2. The molecule has 130 valence electrons. The molecule has 2 N–H and O–H groups in total. The molecule has 0 aliphatic heterocycles. The fraction of sp³-hybridized carbons (Fsp3) is 0.500. The van der Waals surface area contributed by atoms with Crippen molar-refractivity contribution >= 4 is 23.2 Å². The van der Waals surface area contributed by atoms with E-state index >= 15 is 0 Å². The largest absolute Gasteiger partial charge is 0.497 e. The molecule has 1 aromatic rings. The number of ether oxygens (including phenoxy) is 1. The Morgan fingerprint density at radius 2 is 1.83 bits per heavy atom. The molecule has 2 rings (SSSR count). The van der Waals surface area contributed by atoms with Crippen LogP contribution in [0.2, 0.25) is 0 Å². The Kier molecular flexibility index (Phi) is 6.78. The highest BCUT2D eigenvalue weighted by Crippen LogP contribution is 2.23. The zero-order valence-corrected chi connectivity index (χ0v) is 14.3.